The van der Waals surface area contributed by atoms with Crippen LogP contribution in [0.5, 0.6) is 0 Å². The monoisotopic (exact) mass is 242 g/mol. The molecule has 3 rings (SSSR count). The molecule has 0 saturated carbocycles. The first-order valence-corrected chi connectivity index (χ1v) is 6.48. The molecule has 0 saturated heterocycles. The fourth-order valence-corrected chi connectivity index (χ4v) is 2.64. The van der Waals surface area contributed by atoms with Crippen LogP contribution < -0.4 is 0 Å². The molecule has 1 aliphatic heterocycles. The summed E-state index contributed by atoms with van der Waals surface area (Å²) in [5.41, 5.74) is 4.37. The number of hydrogen-bond donors (Lipinski definition) is 1. The van der Waals surface area contributed by atoms with Crippen LogP contribution in [-0.4, -0.2) is 29.4 Å². The molecule has 0 radical (unpaired) electrons. The minimum absolute atomic E-state index is 0.110. The number of nitrogens with zero attached hydrogens (tertiary/aromatic N) is 1. The van der Waals surface area contributed by atoms with Gasteiger partial charge in [0.15, 0.2) is 0 Å². The fourth-order valence-electron chi connectivity index (χ4n) is 2.64. The van der Waals surface area contributed by atoms with Crippen LogP contribution in [0.3, 0.4) is 0 Å². The Balaban J connectivity index is 2.22. The fraction of sp³-hybridized carbons (Fsp3) is 0.400. The summed E-state index contributed by atoms with van der Waals surface area (Å²) in [7, 11) is 1.86. The van der Waals surface area contributed by atoms with Crippen molar-refractivity contribution in [1.29, 1.82) is 0 Å². The largest absolute Gasteiger partial charge is 0.350 e. The Morgan fingerprint density at radius 3 is 2.83 bits per heavy atom. The summed E-state index contributed by atoms with van der Waals surface area (Å²) in [6, 6.07) is 6.47. The maximum atomic E-state index is 12.1. The molecule has 1 aromatic heterocycles. The Morgan fingerprint density at radius 1 is 1.33 bits per heavy atom. The van der Waals surface area contributed by atoms with E-state index < -0.39 is 0 Å². The minimum Gasteiger partial charge on any atom is -0.350 e. The highest BCUT2D eigenvalue weighted by molar-refractivity contribution is 6.02. The lowest BCUT2D eigenvalue weighted by atomic mass is 9.98. The lowest BCUT2D eigenvalue weighted by Gasteiger charge is -2.22. The second-order valence-corrected chi connectivity index (χ2v) is 5.41. The number of likely N-dealkylation sites (N-methyl/N-ethyl adjacent to an activating group) is 1. The Morgan fingerprint density at radius 2 is 2.11 bits per heavy atom. The van der Waals surface area contributed by atoms with Crippen LogP contribution in [-0.2, 0) is 6.42 Å². The number of fused-ring (bicyclic) bond motifs is 3. The second kappa shape index (κ2) is 3.87. The first-order chi connectivity index (χ1) is 8.58. The van der Waals surface area contributed by atoms with Crippen molar-refractivity contribution in [3.63, 3.8) is 0 Å². The number of nitrogens with one attached hydrogen (secondary N) is 1. The molecular weight excluding hydrogens is 224 g/mol. The molecule has 0 bridgehead atoms. The summed E-state index contributed by atoms with van der Waals surface area (Å²) in [6.45, 7) is 5.20. The van der Waals surface area contributed by atoms with E-state index in [1.54, 1.807) is 4.90 Å². The summed E-state index contributed by atoms with van der Waals surface area (Å²) in [4.78, 5) is 17.1. The van der Waals surface area contributed by atoms with Crippen LogP contribution in [0.15, 0.2) is 18.2 Å². The van der Waals surface area contributed by atoms with E-state index >= 15 is 0 Å². The number of rotatable bonds is 1. The van der Waals surface area contributed by atoms with Gasteiger partial charge in [-0.2, -0.15) is 0 Å². The van der Waals surface area contributed by atoms with Crippen LogP contribution in [0, 0.1) is 0 Å². The van der Waals surface area contributed by atoms with E-state index in [4.69, 9.17) is 0 Å². The van der Waals surface area contributed by atoms with E-state index in [1.165, 1.54) is 16.5 Å². The predicted octanol–water partition coefficient (Wildman–Crippen LogP) is 2.92. The van der Waals surface area contributed by atoms with Crippen molar-refractivity contribution >= 4 is 16.8 Å². The number of aromatic amines is 1. The molecule has 2 aromatic rings. The lowest BCUT2D eigenvalue weighted by Crippen LogP contribution is -2.33. The van der Waals surface area contributed by atoms with Gasteiger partial charge in [0.05, 0.1) is 0 Å². The summed E-state index contributed by atoms with van der Waals surface area (Å²) in [5, 5.41) is 1.22. The van der Waals surface area contributed by atoms with Gasteiger partial charge in [-0.15, -0.1) is 0 Å². The zero-order chi connectivity index (χ0) is 12.9. The number of H-pyrrole nitrogens is 1. The normalized spacial score (nSPS) is 15.6. The Hall–Kier alpha value is -1.77. The molecule has 1 aromatic carbocycles. The zero-order valence-corrected chi connectivity index (χ0v) is 11.1. The van der Waals surface area contributed by atoms with Gasteiger partial charge in [-0.25, -0.2) is 0 Å². The van der Waals surface area contributed by atoms with Gasteiger partial charge in [-0.3, -0.25) is 4.79 Å². The van der Waals surface area contributed by atoms with Crippen LogP contribution in [0.1, 0.15) is 41.4 Å². The quantitative estimate of drug-likeness (QED) is 0.820. The molecule has 0 fully saturated rings. The molecule has 94 valence electrons. The number of carbonyl (C=O) groups excluding carboxylic acids is 1. The summed E-state index contributed by atoms with van der Waals surface area (Å²) in [5.74, 6) is 0.625. The lowest BCUT2D eigenvalue weighted by molar-refractivity contribution is 0.0776. The Kier molecular flexibility index (Phi) is 2.44. The second-order valence-electron chi connectivity index (χ2n) is 5.41. The van der Waals surface area contributed by atoms with Crippen LogP contribution >= 0.6 is 0 Å². The topological polar surface area (TPSA) is 36.1 Å². The molecule has 3 nitrogen and oxygen atoms in total. The van der Waals surface area contributed by atoms with Gasteiger partial charge in [0.25, 0.3) is 5.91 Å². The summed E-state index contributed by atoms with van der Waals surface area (Å²) in [6.07, 6.45) is 0.944. The van der Waals surface area contributed by atoms with Gasteiger partial charge >= 0.3 is 0 Å². The maximum Gasteiger partial charge on any atom is 0.270 e. The molecule has 3 heteroatoms. The van der Waals surface area contributed by atoms with Gasteiger partial charge in [0.2, 0.25) is 0 Å². The summed E-state index contributed by atoms with van der Waals surface area (Å²) < 4.78 is 0. The van der Waals surface area contributed by atoms with Crippen molar-refractivity contribution in [2.45, 2.75) is 26.2 Å². The van der Waals surface area contributed by atoms with E-state index in [-0.39, 0.29) is 5.91 Å². The average molecular weight is 242 g/mol. The minimum atomic E-state index is 0.110. The van der Waals surface area contributed by atoms with Gasteiger partial charge in [0.1, 0.15) is 5.69 Å². The molecule has 2 heterocycles. The first kappa shape index (κ1) is 11.3. The number of hydrogen-bond acceptors (Lipinski definition) is 1. The molecule has 0 spiro atoms. The van der Waals surface area contributed by atoms with E-state index in [9.17, 15) is 4.79 Å². The molecule has 0 unspecified atom stereocenters. The van der Waals surface area contributed by atoms with Crippen molar-refractivity contribution in [3.8, 4) is 0 Å². The molecule has 1 N–H and O–H groups in total. The Bertz CT molecular complexity index is 625. The molecule has 0 atom stereocenters. The van der Waals surface area contributed by atoms with Crippen LogP contribution in [0.4, 0.5) is 0 Å². The van der Waals surface area contributed by atoms with Crippen molar-refractivity contribution < 1.29 is 4.79 Å². The number of benzene rings is 1. The number of carbonyl (C=O) groups is 1. The number of aromatic nitrogens is 1. The smallest absolute Gasteiger partial charge is 0.270 e. The van der Waals surface area contributed by atoms with Gasteiger partial charge < -0.3 is 9.88 Å². The van der Waals surface area contributed by atoms with Gasteiger partial charge in [0, 0.05) is 24.5 Å². The third-order valence-corrected chi connectivity index (χ3v) is 3.85. The highest BCUT2D eigenvalue weighted by Gasteiger charge is 2.25. The van der Waals surface area contributed by atoms with Crippen LogP contribution in [0.25, 0.3) is 10.9 Å². The van der Waals surface area contributed by atoms with Gasteiger partial charge in [-0.1, -0.05) is 19.9 Å². The maximum absolute atomic E-state index is 12.1. The van der Waals surface area contributed by atoms with Gasteiger partial charge in [-0.05, 0) is 35.6 Å². The SMILES string of the molecule is CC(C)c1ccc2[nH]c3c(c2c1)CCN(C)C3=O. The summed E-state index contributed by atoms with van der Waals surface area (Å²) >= 11 is 0. The van der Waals surface area contributed by atoms with E-state index in [0.29, 0.717) is 5.92 Å². The highest BCUT2D eigenvalue weighted by atomic mass is 16.2. The average Bonchev–Trinajstić information content (AvgIpc) is 2.72. The standard InChI is InChI=1S/C15H18N2O/c1-9(2)10-4-5-13-12(8-10)11-6-7-17(3)15(18)14(11)16-13/h4-5,8-9,16H,6-7H2,1-3H3. The highest BCUT2D eigenvalue weighted by Crippen LogP contribution is 2.29. The predicted molar refractivity (Wildman–Crippen MR) is 73.1 cm³/mol. The van der Waals surface area contributed by atoms with Crippen molar-refractivity contribution in [1.82, 2.24) is 9.88 Å². The third-order valence-electron chi connectivity index (χ3n) is 3.85. The van der Waals surface area contributed by atoms with E-state index in [1.807, 2.05) is 7.05 Å². The number of amides is 1. The van der Waals surface area contributed by atoms with Crippen molar-refractivity contribution in [2.75, 3.05) is 13.6 Å². The zero-order valence-electron chi connectivity index (χ0n) is 11.1. The molecule has 1 amide bonds. The van der Waals surface area contributed by atoms with Crippen molar-refractivity contribution in [3.05, 3.63) is 35.0 Å². The molecular formula is C15H18N2O. The van der Waals surface area contributed by atoms with Crippen molar-refractivity contribution in [2.24, 2.45) is 0 Å². The molecule has 18 heavy (non-hydrogen) atoms. The molecule has 1 aliphatic rings. The molecule has 0 aliphatic carbocycles. The Labute approximate surface area is 107 Å². The van der Waals surface area contributed by atoms with Crippen LogP contribution in [0.2, 0.25) is 0 Å². The van der Waals surface area contributed by atoms with E-state index in [2.05, 4.69) is 37.0 Å². The first-order valence-electron chi connectivity index (χ1n) is 6.48. The third kappa shape index (κ3) is 1.54. The van der Waals surface area contributed by atoms with E-state index in [0.717, 1.165) is 24.2 Å².